The van der Waals surface area contributed by atoms with Gasteiger partial charge in [0.05, 0.1) is 24.3 Å². The van der Waals surface area contributed by atoms with Crippen molar-refractivity contribution in [3.05, 3.63) is 96.1 Å². The van der Waals surface area contributed by atoms with Gasteiger partial charge in [-0.3, -0.25) is 0 Å². The predicted octanol–water partition coefficient (Wildman–Crippen LogP) is 4.90. The zero-order chi connectivity index (χ0) is 25.9. The summed E-state index contributed by atoms with van der Waals surface area (Å²) < 4.78 is 21.4. The van der Waals surface area contributed by atoms with Crippen LogP contribution in [0.15, 0.2) is 79.4 Å². The van der Waals surface area contributed by atoms with Crippen molar-refractivity contribution in [1.29, 1.82) is 0 Å². The van der Waals surface area contributed by atoms with Gasteiger partial charge in [0.15, 0.2) is 0 Å². The molecule has 0 fully saturated rings. The molecule has 0 radical (unpaired) electrons. The van der Waals surface area contributed by atoms with E-state index in [0.29, 0.717) is 65.7 Å². The largest absolute Gasteiger partial charge is 0.494 e. The van der Waals surface area contributed by atoms with Crippen LogP contribution in [0, 0.1) is 6.92 Å². The standard InChI is InChI=1S/C28H27NO7/c1-3-26(30)34-17-5-4-16-33-23-12-8-21(9-13-23)27(31)35-24-14-15-25(19(2)18-24)36-28(32)20-6-10-22(29)11-7-20/h3,6-15,18H,1,4-5,16-17,29H2,2H3. The zero-order valence-corrected chi connectivity index (χ0v) is 19.9. The van der Waals surface area contributed by atoms with Crippen molar-refractivity contribution in [3.8, 4) is 17.2 Å². The lowest BCUT2D eigenvalue weighted by molar-refractivity contribution is -0.137. The Morgan fingerprint density at radius 2 is 1.39 bits per heavy atom. The Kier molecular flexibility index (Phi) is 9.22. The van der Waals surface area contributed by atoms with Gasteiger partial charge in [-0.15, -0.1) is 0 Å². The molecule has 0 aliphatic heterocycles. The summed E-state index contributed by atoms with van der Waals surface area (Å²) in [7, 11) is 0. The molecule has 0 aromatic heterocycles. The van der Waals surface area contributed by atoms with Crippen molar-refractivity contribution in [2.75, 3.05) is 18.9 Å². The van der Waals surface area contributed by atoms with E-state index >= 15 is 0 Å². The lowest BCUT2D eigenvalue weighted by Crippen LogP contribution is -2.10. The smallest absolute Gasteiger partial charge is 0.343 e. The Balaban J connectivity index is 1.48. The minimum atomic E-state index is -0.531. The Morgan fingerprint density at radius 1 is 0.806 bits per heavy atom. The summed E-state index contributed by atoms with van der Waals surface area (Å²) in [5, 5.41) is 0. The Morgan fingerprint density at radius 3 is 2.03 bits per heavy atom. The van der Waals surface area contributed by atoms with Crippen LogP contribution in [-0.2, 0) is 9.53 Å². The third-order valence-corrected chi connectivity index (χ3v) is 5.01. The fourth-order valence-electron chi connectivity index (χ4n) is 3.06. The normalized spacial score (nSPS) is 10.2. The number of carbonyl (C=O) groups is 3. The van der Waals surface area contributed by atoms with E-state index in [4.69, 9.17) is 24.7 Å². The number of carbonyl (C=O) groups excluding carboxylic acids is 3. The number of esters is 3. The van der Waals surface area contributed by atoms with Gasteiger partial charge in [0.1, 0.15) is 17.2 Å². The first-order valence-corrected chi connectivity index (χ1v) is 11.3. The Bertz CT molecular complexity index is 1220. The fourth-order valence-corrected chi connectivity index (χ4v) is 3.06. The van der Waals surface area contributed by atoms with Crippen molar-refractivity contribution in [1.82, 2.24) is 0 Å². The van der Waals surface area contributed by atoms with Gasteiger partial charge < -0.3 is 24.7 Å². The minimum Gasteiger partial charge on any atom is -0.494 e. The first kappa shape index (κ1) is 26.0. The van der Waals surface area contributed by atoms with Crippen LogP contribution in [0.4, 0.5) is 5.69 Å². The maximum atomic E-state index is 12.5. The molecule has 186 valence electrons. The number of aryl methyl sites for hydroxylation is 1. The van der Waals surface area contributed by atoms with E-state index in [1.54, 1.807) is 73.7 Å². The van der Waals surface area contributed by atoms with Gasteiger partial charge in [0, 0.05) is 11.8 Å². The monoisotopic (exact) mass is 489 g/mol. The van der Waals surface area contributed by atoms with Crippen molar-refractivity contribution in [2.45, 2.75) is 19.8 Å². The first-order chi connectivity index (χ1) is 17.4. The lowest BCUT2D eigenvalue weighted by Gasteiger charge is -2.10. The zero-order valence-electron chi connectivity index (χ0n) is 19.9. The third kappa shape index (κ3) is 7.73. The predicted molar refractivity (Wildman–Crippen MR) is 134 cm³/mol. The van der Waals surface area contributed by atoms with Crippen LogP contribution in [-0.4, -0.2) is 31.1 Å². The maximum Gasteiger partial charge on any atom is 0.343 e. The summed E-state index contributed by atoms with van der Waals surface area (Å²) in [5.74, 6) is -0.197. The number of hydrogen-bond donors (Lipinski definition) is 1. The van der Waals surface area contributed by atoms with E-state index in [-0.39, 0.29) is 0 Å². The lowest BCUT2D eigenvalue weighted by atomic mass is 10.2. The minimum absolute atomic E-state index is 0.310. The van der Waals surface area contributed by atoms with Gasteiger partial charge in [0.2, 0.25) is 0 Å². The molecule has 2 N–H and O–H groups in total. The SMILES string of the molecule is C=CC(=O)OCCCCOc1ccc(C(=O)Oc2ccc(OC(=O)c3ccc(N)cc3)c(C)c2)cc1. The van der Waals surface area contributed by atoms with Crippen LogP contribution in [0.2, 0.25) is 0 Å². The molecular formula is C28H27NO7. The van der Waals surface area contributed by atoms with E-state index in [0.717, 1.165) is 6.08 Å². The number of nitrogen functional groups attached to an aromatic ring is 1. The molecule has 0 unspecified atom stereocenters. The van der Waals surface area contributed by atoms with Crippen LogP contribution in [0.25, 0.3) is 0 Å². The van der Waals surface area contributed by atoms with Crippen LogP contribution in [0.5, 0.6) is 17.2 Å². The van der Waals surface area contributed by atoms with E-state index < -0.39 is 17.9 Å². The molecule has 0 spiro atoms. The first-order valence-electron chi connectivity index (χ1n) is 11.3. The summed E-state index contributed by atoms with van der Waals surface area (Å²) in [4.78, 5) is 35.8. The number of benzene rings is 3. The summed E-state index contributed by atoms with van der Waals surface area (Å²) in [6.45, 7) is 5.84. The Hall–Kier alpha value is -4.59. The Labute approximate surface area is 209 Å². The van der Waals surface area contributed by atoms with Crippen molar-refractivity contribution < 1.29 is 33.3 Å². The molecule has 36 heavy (non-hydrogen) atoms. The average Bonchev–Trinajstić information content (AvgIpc) is 2.88. The molecule has 3 aromatic rings. The third-order valence-electron chi connectivity index (χ3n) is 5.01. The number of ether oxygens (including phenoxy) is 4. The van der Waals surface area contributed by atoms with Gasteiger partial charge in [-0.05, 0) is 92.1 Å². The molecule has 0 atom stereocenters. The average molecular weight is 490 g/mol. The molecule has 0 saturated carbocycles. The summed E-state index contributed by atoms with van der Waals surface area (Å²) >= 11 is 0. The van der Waals surface area contributed by atoms with Gasteiger partial charge >= 0.3 is 17.9 Å². The molecular weight excluding hydrogens is 462 g/mol. The van der Waals surface area contributed by atoms with Crippen molar-refractivity contribution in [2.24, 2.45) is 0 Å². The highest BCUT2D eigenvalue weighted by molar-refractivity contribution is 5.92. The highest BCUT2D eigenvalue weighted by Gasteiger charge is 2.13. The summed E-state index contributed by atoms with van der Waals surface area (Å²) in [6, 6.07) is 17.7. The topological polar surface area (TPSA) is 114 Å². The second kappa shape index (κ2) is 12.8. The molecule has 8 nitrogen and oxygen atoms in total. The molecule has 3 aromatic carbocycles. The van der Waals surface area contributed by atoms with E-state index in [9.17, 15) is 14.4 Å². The van der Waals surface area contributed by atoms with E-state index in [1.165, 1.54) is 0 Å². The van der Waals surface area contributed by atoms with Gasteiger partial charge in [0.25, 0.3) is 0 Å². The molecule has 0 aliphatic carbocycles. The summed E-state index contributed by atoms with van der Waals surface area (Å²) in [5.41, 5.74) is 7.56. The van der Waals surface area contributed by atoms with Gasteiger partial charge in [-0.2, -0.15) is 0 Å². The second-order valence-electron chi connectivity index (χ2n) is 7.78. The van der Waals surface area contributed by atoms with E-state index in [2.05, 4.69) is 6.58 Å². The molecule has 8 heteroatoms. The molecule has 0 bridgehead atoms. The molecule has 3 rings (SSSR count). The number of hydrogen-bond acceptors (Lipinski definition) is 8. The van der Waals surface area contributed by atoms with Crippen LogP contribution in [0.1, 0.15) is 39.1 Å². The molecule has 0 heterocycles. The van der Waals surface area contributed by atoms with Crippen molar-refractivity contribution in [3.63, 3.8) is 0 Å². The second-order valence-corrected chi connectivity index (χ2v) is 7.78. The van der Waals surface area contributed by atoms with E-state index in [1.807, 2.05) is 0 Å². The number of rotatable bonds is 11. The quantitative estimate of drug-likeness (QED) is 0.133. The number of anilines is 1. The van der Waals surface area contributed by atoms with Crippen LogP contribution < -0.4 is 19.9 Å². The number of nitrogens with two attached hydrogens (primary N) is 1. The summed E-state index contributed by atoms with van der Waals surface area (Å²) in [6.07, 6.45) is 2.50. The van der Waals surface area contributed by atoms with Gasteiger partial charge in [-0.1, -0.05) is 6.58 Å². The molecule has 0 saturated heterocycles. The highest BCUT2D eigenvalue weighted by Crippen LogP contribution is 2.25. The molecule has 0 amide bonds. The van der Waals surface area contributed by atoms with Crippen LogP contribution in [0.3, 0.4) is 0 Å². The number of unbranched alkanes of at least 4 members (excludes halogenated alkanes) is 1. The highest BCUT2D eigenvalue weighted by atomic mass is 16.5. The fraction of sp³-hybridized carbons (Fsp3) is 0.179. The molecule has 0 aliphatic rings. The van der Waals surface area contributed by atoms with Gasteiger partial charge in [-0.25, -0.2) is 14.4 Å². The maximum absolute atomic E-state index is 12.5. The van der Waals surface area contributed by atoms with Crippen molar-refractivity contribution >= 4 is 23.6 Å². The van der Waals surface area contributed by atoms with Crippen LogP contribution >= 0.6 is 0 Å².